The average Bonchev–Trinajstić information content (AvgIpc) is 3.88. The van der Waals surface area contributed by atoms with Crippen molar-refractivity contribution in [2.24, 2.45) is 0 Å². The highest BCUT2D eigenvalue weighted by molar-refractivity contribution is 6.24. The first kappa shape index (κ1) is 34.9. The smallest absolute Gasteiger partial charge is 0.137 e. The Hall–Kier alpha value is -8.14. The van der Waals surface area contributed by atoms with E-state index in [-0.39, 0.29) is 0 Å². The first-order valence-electron chi connectivity index (χ1n) is 20.8. The molecular weight excluding hydrogens is 741 g/mol. The Morgan fingerprint density at radius 3 is 1.72 bits per heavy atom. The molecule has 0 unspecified atom stereocenters. The third-order valence-electron chi connectivity index (χ3n) is 12.2. The number of para-hydroxylation sites is 4. The van der Waals surface area contributed by atoms with E-state index in [2.05, 4.69) is 240 Å². The zero-order chi connectivity index (χ0) is 40.3. The molecule has 0 saturated carbocycles. The van der Waals surface area contributed by atoms with Crippen LogP contribution >= 0.6 is 0 Å². The molecule has 0 spiro atoms. The van der Waals surface area contributed by atoms with Gasteiger partial charge in [0.05, 0.1) is 16.7 Å². The SMILES string of the molecule is c1ccc(-c2ccc(N(c3ccc4c(c3)oc3cc(-c5cccc6c7ccccc7n(-c7ccccc7)c56)c5ccccc5c34)c3ccccc3-c3ccccc3)cc2)cc1. The van der Waals surface area contributed by atoms with Gasteiger partial charge in [0.15, 0.2) is 0 Å². The van der Waals surface area contributed by atoms with E-state index >= 15 is 0 Å². The van der Waals surface area contributed by atoms with E-state index in [0.29, 0.717) is 0 Å². The molecular formula is C58H38N2O. The molecule has 3 heteroatoms. The summed E-state index contributed by atoms with van der Waals surface area (Å²) in [5, 5.41) is 7.04. The second kappa shape index (κ2) is 14.3. The summed E-state index contributed by atoms with van der Waals surface area (Å²) in [7, 11) is 0. The van der Waals surface area contributed by atoms with Crippen molar-refractivity contribution >= 4 is 71.6 Å². The summed E-state index contributed by atoms with van der Waals surface area (Å²) in [4.78, 5) is 2.36. The van der Waals surface area contributed by atoms with Gasteiger partial charge in [-0.25, -0.2) is 0 Å². The van der Waals surface area contributed by atoms with E-state index in [1.165, 1.54) is 49.3 Å². The summed E-state index contributed by atoms with van der Waals surface area (Å²) < 4.78 is 9.44. The molecule has 0 aliphatic rings. The monoisotopic (exact) mass is 778 g/mol. The molecule has 0 radical (unpaired) electrons. The molecule has 12 rings (SSSR count). The predicted octanol–water partition coefficient (Wildman–Crippen LogP) is 16.3. The van der Waals surface area contributed by atoms with Gasteiger partial charge in [0.1, 0.15) is 11.2 Å². The fourth-order valence-corrected chi connectivity index (χ4v) is 9.46. The van der Waals surface area contributed by atoms with Crippen molar-refractivity contribution in [2.45, 2.75) is 0 Å². The van der Waals surface area contributed by atoms with E-state index in [9.17, 15) is 0 Å². The molecule has 10 aromatic carbocycles. The van der Waals surface area contributed by atoms with Crippen molar-refractivity contribution in [1.29, 1.82) is 0 Å². The van der Waals surface area contributed by atoms with Crippen LogP contribution in [0.5, 0.6) is 0 Å². The quantitative estimate of drug-likeness (QED) is 0.161. The third kappa shape index (κ3) is 5.74. The zero-order valence-electron chi connectivity index (χ0n) is 33.2. The van der Waals surface area contributed by atoms with Gasteiger partial charge in [-0.3, -0.25) is 0 Å². The lowest BCUT2D eigenvalue weighted by Gasteiger charge is -2.28. The van der Waals surface area contributed by atoms with Gasteiger partial charge in [-0.2, -0.15) is 0 Å². The number of benzene rings is 10. The maximum atomic E-state index is 7.03. The summed E-state index contributed by atoms with van der Waals surface area (Å²) in [6.07, 6.45) is 0. The highest BCUT2D eigenvalue weighted by Gasteiger charge is 2.22. The van der Waals surface area contributed by atoms with E-state index in [1.807, 2.05) is 0 Å². The fraction of sp³-hybridized carbons (Fsp3) is 0. The second-order valence-corrected chi connectivity index (χ2v) is 15.6. The summed E-state index contributed by atoms with van der Waals surface area (Å²) in [6, 6.07) is 82.6. The molecule has 3 nitrogen and oxygen atoms in total. The number of furan rings is 1. The summed E-state index contributed by atoms with van der Waals surface area (Å²) >= 11 is 0. The number of fused-ring (bicyclic) bond motifs is 8. The van der Waals surface area contributed by atoms with E-state index in [0.717, 1.165) is 61.4 Å². The van der Waals surface area contributed by atoms with Crippen LogP contribution in [0.1, 0.15) is 0 Å². The van der Waals surface area contributed by atoms with Crippen LogP contribution in [-0.2, 0) is 0 Å². The Morgan fingerprint density at radius 1 is 0.344 bits per heavy atom. The lowest BCUT2D eigenvalue weighted by molar-refractivity contribution is 0.669. The molecule has 0 bridgehead atoms. The van der Waals surface area contributed by atoms with Crippen LogP contribution < -0.4 is 4.90 Å². The van der Waals surface area contributed by atoms with Crippen molar-refractivity contribution in [3.63, 3.8) is 0 Å². The Bertz CT molecular complexity index is 3570. The minimum atomic E-state index is 0.842. The number of rotatable bonds is 7. The molecule has 0 amide bonds. The van der Waals surface area contributed by atoms with Crippen LogP contribution in [0.25, 0.3) is 93.6 Å². The molecule has 0 atom stereocenters. The van der Waals surface area contributed by atoms with Crippen molar-refractivity contribution < 1.29 is 4.42 Å². The number of hydrogen-bond acceptors (Lipinski definition) is 2. The van der Waals surface area contributed by atoms with Gasteiger partial charge in [-0.1, -0.05) is 170 Å². The molecule has 12 aromatic rings. The van der Waals surface area contributed by atoms with Gasteiger partial charge in [0.25, 0.3) is 0 Å². The molecule has 2 aromatic heterocycles. The van der Waals surface area contributed by atoms with Crippen molar-refractivity contribution in [3.05, 3.63) is 231 Å². The molecule has 61 heavy (non-hydrogen) atoms. The Kier molecular flexibility index (Phi) is 8.17. The molecule has 0 saturated heterocycles. The van der Waals surface area contributed by atoms with Crippen molar-refractivity contribution in [2.75, 3.05) is 4.90 Å². The number of nitrogens with zero attached hydrogens (tertiary/aromatic N) is 2. The van der Waals surface area contributed by atoms with Crippen LogP contribution in [0.3, 0.4) is 0 Å². The van der Waals surface area contributed by atoms with Gasteiger partial charge in [0, 0.05) is 55.8 Å². The van der Waals surface area contributed by atoms with Crippen LogP contribution in [0, 0.1) is 0 Å². The van der Waals surface area contributed by atoms with Crippen LogP contribution in [0.15, 0.2) is 235 Å². The molecule has 0 aliphatic heterocycles. The lowest BCUT2D eigenvalue weighted by atomic mass is 9.93. The predicted molar refractivity (Wildman–Crippen MR) is 257 cm³/mol. The Balaban J connectivity index is 1.07. The number of hydrogen-bond donors (Lipinski definition) is 0. The fourth-order valence-electron chi connectivity index (χ4n) is 9.46. The van der Waals surface area contributed by atoms with Gasteiger partial charge in [-0.15, -0.1) is 0 Å². The van der Waals surface area contributed by atoms with Gasteiger partial charge in [-0.05, 0) is 87.6 Å². The van der Waals surface area contributed by atoms with E-state index in [4.69, 9.17) is 4.42 Å². The largest absolute Gasteiger partial charge is 0.456 e. The molecule has 2 heterocycles. The molecule has 0 N–H and O–H groups in total. The first-order valence-corrected chi connectivity index (χ1v) is 20.8. The van der Waals surface area contributed by atoms with Crippen LogP contribution in [0.2, 0.25) is 0 Å². The van der Waals surface area contributed by atoms with Gasteiger partial charge in [0.2, 0.25) is 0 Å². The van der Waals surface area contributed by atoms with Crippen LogP contribution in [-0.4, -0.2) is 4.57 Å². The van der Waals surface area contributed by atoms with Crippen LogP contribution in [0.4, 0.5) is 17.1 Å². The highest BCUT2D eigenvalue weighted by atomic mass is 16.3. The van der Waals surface area contributed by atoms with Crippen molar-refractivity contribution in [3.8, 4) is 39.1 Å². The average molecular weight is 779 g/mol. The second-order valence-electron chi connectivity index (χ2n) is 15.6. The molecule has 286 valence electrons. The van der Waals surface area contributed by atoms with E-state index < -0.39 is 0 Å². The third-order valence-corrected chi connectivity index (χ3v) is 12.2. The van der Waals surface area contributed by atoms with Gasteiger partial charge >= 0.3 is 0 Å². The summed E-state index contributed by atoms with van der Waals surface area (Å²) in [5.41, 5.74) is 15.4. The Morgan fingerprint density at radius 2 is 0.934 bits per heavy atom. The minimum Gasteiger partial charge on any atom is -0.456 e. The maximum absolute atomic E-state index is 7.03. The normalized spacial score (nSPS) is 11.6. The minimum absolute atomic E-state index is 0.842. The maximum Gasteiger partial charge on any atom is 0.137 e. The number of anilines is 3. The van der Waals surface area contributed by atoms with E-state index in [1.54, 1.807) is 0 Å². The first-order chi connectivity index (χ1) is 30.3. The van der Waals surface area contributed by atoms with Crippen molar-refractivity contribution in [1.82, 2.24) is 4.57 Å². The standard InChI is InChI=1S/C58H38N2O/c1-4-17-39(18-5-1)40-31-33-43(34-32-40)59(53-29-14-12-23-45(53)41-19-6-2-7-20-41)44-35-36-51-55(37-44)61-56-38-52(46-24-10-11-26-48(46)57(51)56)50-28-16-27-49-47-25-13-15-30-54(47)60(58(49)50)42-21-8-3-9-22-42/h1-38H. The van der Waals surface area contributed by atoms with Gasteiger partial charge < -0.3 is 13.9 Å². The highest BCUT2D eigenvalue weighted by Crippen LogP contribution is 2.47. The summed E-state index contributed by atoms with van der Waals surface area (Å²) in [6.45, 7) is 0. The zero-order valence-corrected chi connectivity index (χ0v) is 33.2. The summed E-state index contributed by atoms with van der Waals surface area (Å²) in [5.74, 6) is 0. The number of aromatic nitrogens is 1. The topological polar surface area (TPSA) is 21.3 Å². The molecule has 0 fully saturated rings. The molecule has 0 aliphatic carbocycles. The Labute approximate surface area is 353 Å². The lowest BCUT2D eigenvalue weighted by Crippen LogP contribution is -2.11.